The molecule has 0 heterocycles. The third-order valence-corrected chi connectivity index (χ3v) is 3.94. The zero-order chi connectivity index (χ0) is 19.3. The number of ether oxygens (including phenoxy) is 3. The van der Waals surface area contributed by atoms with E-state index in [2.05, 4.69) is 10.6 Å². The SMILES string of the molecule is COc1cc(NC(C)C(=O)Nc2ccc(F)cc2Cl)cc(OC)c1OC. The Kier molecular flexibility index (Phi) is 6.52. The Labute approximate surface area is 156 Å². The molecular formula is C18H20ClFN2O4. The average Bonchev–Trinajstić information content (AvgIpc) is 2.62. The van der Waals surface area contributed by atoms with Gasteiger partial charge in [-0.25, -0.2) is 4.39 Å². The van der Waals surface area contributed by atoms with Crippen LogP contribution in [-0.4, -0.2) is 33.3 Å². The molecule has 2 N–H and O–H groups in total. The molecule has 1 atom stereocenters. The molecule has 6 nitrogen and oxygen atoms in total. The van der Waals surface area contributed by atoms with E-state index in [1.54, 1.807) is 19.1 Å². The number of anilines is 2. The highest BCUT2D eigenvalue weighted by Gasteiger charge is 2.18. The molecule has 26 heavy (non-hydrogen) atoms. The zero-order valence-corrected chi connectivity index (χ0v) is 15.6. The number of hydrogen-bond acceptors (Lipinski definition) is 5. The van der Waals surface area contributed by atoms with Gasteiger partial charge in [0.05, 0.1) is 32.0 Å². The van der Waals surface area contributed by atoms with E-state index in [1.165, 1.54) is 33.5 Å². The van der Waals surface area contributed by atoms with E-state index in [9.17, 15) is 9.18 Å². The highest BCUT2D eigenvalue weighted by Crippen LogP contribution is 2.40. The van der Waals surface area contributed by atoms with E-state index >= 15 is 0 Å². The fourth-order valence-electron chi connectivity index (χ4n) is 2.31. The van der Waals surface area contributed by atoms with Crippen LogP contribution in [0.2, 0.25) is 5.02 Å². The lowest BCUT2D eigenvalue weighted by Gasteiger charge is -2.18. The van der Waals surface area contributed by atoms with Crippen LogP contribution in [0.3, 0.4) is 0 Å². The van der Waals surface area contributed by atoms with Crippen molar-refractivity contribution in [2.45, 2.75) is 13.0 Å². The Bertz CT molecular complexity index is 776. The molecule has 2 aromatic rings. The maximum Gasteiger partial charge on any atom is 0.246 e. The number of rotatable bonds is 7. The minimum absolute atomic E-state index is 0.123. The lowest BCUT2D eigenvalue weighted by Crippen LogP contribution is -2.32. The van der Waals surface area contributed by atoms with Crippen molar-refractivity contribution in [1.29, 1.82) is 0 Å². The Morgan fingerprint density at radius 1 is 1.08 bits per heavy atom. The molecule has 2 rings (SSSR count). The first-order valence-corrected chi connectivity index (χ1v) is 8.09. The van der Waals surface area contributed by atoms with Gasteiger partial charge in [0.25, 0.3) is 0 Å². The molecule has 0 spiro atoms. The van der Waals surface area contributed by atoms with E-state index in [4.69, 9.17) is 25.8 Å². The van der Waals surface area contributed by atoms with Crippen LogP contribution >= 0.6 is 11.6 Å². The van der Waals surface area contributed by atoms with Crippen LogP contribution in [0.5, 0.6) is 17.2 Å². The van der Waals surface area contributed by atoms with Gasteiger partial charge in [-0.2, -0.15) is 0 Å². The second-order valence-electron chi connectivity index (χ2n) is 5.39. The van der Waals surface area contributed by atoms with Crippen LogP contribution in [-0.2, 0) is 4.79 Å². The number of benzene rings is 2. The standard InChI is InChI=1S/C18H20ClFN2O4/c1-10(18(23)22-14-6-5-11(20)7-13(14)19)21-12-8-15(24-2)17(26-4)16(9-12)25-3/h5-10,21H,1-4H3,(H,22,23). The van der Waals surface area contributed by atoms with Crippen molar-refractivity contribution in [1.82, 2.24) is 0 Å². The number of hydrogen-bond donors (Lipinski definition) is 2. The minimum Gasteiger partial charge on any atom is -0.493 e. The minimum atomic E-state index is -0.612. The highest BCUT2D eigenvalue weighted by atomic mass is 35.5. The Balaban J connectivity index is 2.15. The summed E-state index contributed by atoms with van der Waals surface area (Å²) in [5.41, 5.74) is 0.934. The van der Waals surface area contributed by atoms with Gasteiger partial charge < -0.3 is 24.8 Å². The number of amides is 1. The first-order valence-electron chi connectivity index (χ1n) is 7.72. The number of nitrogens with one attached hydrogen (secondary N) is 2. The van der Waals surface area contributed by atoms with E-state index in [0.717, 1.165) is 6.07 Å². The van der Waals surface area contributed by atoms with E-state index in [-0.39, 0.29) is 10.9 Å². The normalized spacial score (nSPS) is 11.5. The monoisotopic (exact) mass is 382 g/mol. The third kappa shape index (κ3) is 4.49. The predicted octanol–water partition coefficient (Wildman–Crippen LogP) is 3.94. The van der Waals surface area contributed by atoms with Gasteiger partial charge in [0.1, 0.15) is 11.9 Å². The lowest BCUT2D eigenvalue weighted by molar-refractivity contribution is -0.116. The molecule has 0 radical (unpaired) electrons. The molecule has 0 fully saturated rings. The summed E-state index contributed by atoms with van der Waals surface area (Å²) in [6.07, 6.45) is 0. The fourth-order valence-corrected chi connectivity index (χ4v) is 2.53. The van der Waals surface area contributed by atoms with Crippen molar-refractivity contribution in [3.63, 3.8) is 0 Å². The smallest absolute Gasteiger partial charge is 0.246 e. The second-order valence-corrected chi connectivity index (χ2v) is 5.80. The van der Waals surface area contributed by atoms with Gasteiger partial charge in [-0.1, -0.05) is 11.6 Å². The van der Waals surface area contributed by atoms with Crippen LogP contribution < -0.4 is 24.8 Å². The summed E-state index contributed by atoms with van der Waals surface area (Å²) in [5.74, 6) is 0.562. The number of methoxy groups -OCH3 is 3. The second kappa shape index (κ2) is 8.62. The van der Waals surface area contributed by atoms with Crippen molar-refractivity contribution >= 4 is 28.9 Å². The number of carbonyl (C=O) groups excluding carboxylic acids is 1. The number of carbonyl (C=O) groups is 1. The summed E-state index contributed by atoms with van der Waals surface area (Å²) in [4.78, 5) is 12.4. The number of halogens is 2. The van der Waals surface area contributed by atoms with Crippen LogP contribution in [0.4, 0.5) is 15.8 Å². The van der Waals surface area contributed by atoms with E-state index < -0.39 is 11.9 Å². The molecule has 0 aliphatic rings. The van der Waals surface area contributed by atoms with E-state index in [0.29, 0.717) is 28.6 Å². The van der Waals surface area contributed by atoms with Gasteiger partial charge in [0.15, 0.2) is 11.5 Å². The largest absolute Gasteiger partial charge is 0.493 e. The topological polar surface area (TPSA) is 68.8 Å². The zero-order valence-electron chi connectivity index (χ0n) is 14.9. The first kappa shape index (κ1) is 19.7. The Morgan fingerprint density at radius 2 is 1.69 bits per heavy atom. The summed E-state index contributed by atoms with van der Waals surface area (Å²) in [7, 11) is 4.53. The predicted molar refractivity (Wildman–Crippen MR) is 99.2 cm³/mol. The van der Waals surface area contributed by atoms with Gasteiger partial charge >= 0.3 is 0 Å². The van der Waals surface area contributed by atoms with Crippen molar-refractivity contribution in [3.8, 4) is 17.2 Å². The van der Waals surface area contributed by atoms with Crippen molar-refractivity contribution in [2.24, 2.45) is 0 Å². The molecule has 140 valence electrons. The van der Waals surface area contributed by atoms with Crippen LogP contribution in [0, 0.1) is 5.82 Å². The van der Waals surface area contributed by atoms with Gasteiger partial charge in [-0.05, 0) is 25.1 Å². The summed E-state index contributed by atoms with van der Waals surface area (Å²) in [6, 6.07) is 6.53. The van der Waals surface area contributed by atoms with Gasteiger partial charge in [-0.15, -0.1) is 0 Å². The van der Waals surface area contributed by atoms with Crippen molar-refractivity contribution in [3.05, 3.63) is 41.2 Å². The van der Waals surface area contributed by atoms with Crippen molar-refractivity contribution < 1.29 is 23.4 Å². The van der Waals surface area contributed by atoms with Crippen LogP contribution in [0.1, 0.15) is 6.92 Å². The van der Waals surface area contributed by atoms with Crippen molar-refractivity contribution in [2.75, 3.05) is 32.0 Å². The molecule has 8 heteroatoms. The molecule has 1 amide bonds. The van der Waals surface area contributed by atoms with Gasteiger partial charge in [0, 0.05) is 17.8 Å². The van der Waals surface area contributed by atoms with Gasteiger partial charge in [0.2, 0.25) is 11.7 Å². The molecule has 0 aromatic heterocycles. The van der Waals surface area contributed by atoms with Gasteiger partial charge in [-0.3, -0.25) is 4.79 Å². The molecule has 2 aromatic carbocycles. The maximum atomic E-state index is 13.1. The molecule has 1 unspecified atom stereocenters. The molecule has 0 aliphatic heterocycles. The quantitative estimate of drug-likeness (QED) is 0.759. The molecule has 0 saturated heterocycles. The average molecular weight is 383 g/mol. The highest BCUT2D eigenvalue weighted by molar-refractivity contribution is 6.33. The Morgan fingerprint density at radius 3 is 2.19 bits per heavy atom. The molecule has 0 bridgehead atoms. The molecule has 0 saturated carbocycles. The third-order valence-electron chi connectivity index (χ3n) is 3.63. The summed E-state index contributed by atoms with van der Waals surface area (Å²) >= 11 is 5.93. The maximum absolute atomic E-state index is 13.1. The molecule has 0 aliphatic carbocycles. The van der Waals surface area contributed by atoms with E-state index in [1.807, 2.05) is 0 Å². The lowest BCUT2D eigenvalue weighted by atomic mass is 10.2. The first-order chi connectivity index (χ1) is 12.4. The fraction of sp³-hybridized carbons (Fsp3) is 0.278. The van der Waals surface area contributed by atoms with Crippen LogP contribution in [0.25, 0.3) is 0 Å². The Hall–Kier alpha value is -2.67. The summed E-state index contributed by atoms with van der Waals surface area (Å²) < 4.78 is 28.9. The van der Waals surface area contributed by atoms with Crippen LogP contribution in [0.15, 0.2) is 30.3 Å². The summed E-state index contributed by atoms with van der Waals surface area (Å²) in [5, 5.41) is 5.82. The molecular weight excluding hydrogens is 363 g/mol. The summed E-state index contributed by atoms with van der Waals surface area (Å²) in [6.45, 7) is 1.68.